The molecule has 0 bridgehead atoms. The first-order valence-electron chi connectivity index (χ1n) is 7.52. The summed E-state index contributed by atoms with van der Waals surface area (Å²) in [5.74, 6) is 2.39. The van der Waals surface area contributed by atoms with Gasteiger partial charge in [0.05, 0.1) is 20.8 Å². The lowest BCUT2D eigenvalue weighted by molar-refractivity contribution is -0.123. The van der Waals surface area contributed by atoms with Crippen LogP contribution >= 0.6 is 0 Å². The highest BCUT2D eigenvalue weighted by Gasteiger charge is 2.06. The Hall–Kier alpha value is -2.89. The number of carbonyl (C=O) groups excluding carboxylic acids is 1. The largest absolute Gasteiger partial charge is 0.497 e. The van der Waals surface area contributed by atoms with Gasteiger partial charge in [0.1, 0.15) is 18.1 Å². The molecule has 0 spiro atoms. The summed E-state index contributed by atoms with van der Waals surface area (Å²) in [5, 5.41) is 2.73. The van der Waals surface area contributed by atoms with E-state index in [1.807, 2.05) is 36.4 Å². The summed E-state index contributed by atoms with van der Waals surface area (Å²) in [6.45, 7) is 0.676. The fourth-order valence-corrected chi connectivity index (χ4v) is 1.96. The smallest absolute Gasteiger partial charge is 0.258 e. The van der Waals surface area contributed by atoms with E-state index in [4.69, 9.17) is 18.9 Å². The molecule has 2 rings (SSSR count). The van der Waals surface area contributed by atoms with Crippen molar-refractivity contribution in [1.29, 1.82) is 0 Å². The number of para-hydroxylation sites is 2. The third-order valence-corrected chi connectivity index (χ3v) is 3.18. The van der Waals surface area contributed by atoms with Gasteiger partial charge >= 0.3 is 0 Å². The molecule has 0 aliphatic carbocycles. The van der Waals surface area contributed by atoms with Crippen molar-refractivity contribution in [3.8, 4) is 23.0 Å². The highest BCUT2D eigenvalue weighted by molar-refractivity contribution is 5.77. The van der Waals surface area contributed by atoms with E-state index >= 15 is 0 Å². The second-order valence-electron chi connectivity index (χ2n) is 4.81. The van der Waals surface area contributed by atoms with Gasteiger partial charge in [0.2, 0.25) is 0 Å². The Kier molecular flexibility index (Phi) is 6.76. The first-order valence-corrected chi connectivity index (χ1v) is 7.52. The van der Waals surface area contributed by atoms with Gasteiger partial charge in [0.25, 0.3) is 5.91 Å². The SMILES string of the molecule is COc1ccc(OCCNC(=O)COc2ccccc2OC)cc1. The third-order valence-electron chi connectivity index (χ3n) is 3.18. The van der Waals surface area contributed by atoms with E-state index in [1.165, 1.54) is 0 Å². The molecule has 0 saturated carbocycles. The zero-order chi connectivity index (χ0) is 17.2. The van der Waals surface area contributed by atoms with Gasteiger partial charge in [-0.05, 0) is 36.4 Å². The lowest BCUT2D eigenvalue weighted by atomic mass is 10.3. The lowest BCUT2D eigenvalue weighted by Gasteiger charge is -2.11. The average molecular weight is 331 g/mol. The lowest BCUT2D eigenvalue weighted by Crippen LogP contribution is -2.32. The molecule has 128 valence electrons. The monoisotopic (exact) mass is 331 g/mol. The number of benzene rings is 2. The second-order valence-corrected chi connectivity index (χ2v) is 4.81. The van der Waals surface area contributed by atoms with Gasteiger partial charge in [-0.3, -0.25) is 4.79 Å². The second kappa shape index (κ2) is 9.29. The number of hydrogen-bond donors (Lipinski definition) is 1. The summed E-state index contributed by atoms with van der Waals surface area (Å²) in [4.78, 5) is 11.8. The predicted molar refractivity (Wildman–Crippen MR) is 90.0 cm³/mol. The molecule has 0 aliphatic rings. The Morgan fingerprint density at radius 1 is 0.875 bits per heavy atom. The number of amides is 1. The fourth-order valence-electron chi connectivity index (χ4n) is 1.96. The number of rotatable bonds is 9. The van der Waals surface area contributed by atoms with E-state index in [0.717, 1.165) is 11.5 Å². The Bertz CT molecular complexity index is 642. The number of carbonyl (C=O) groups is 1. The minimum absolute atomic E-state index is 0.0804. The van der Waals surface area contributed by atoms with Crippen LogP contribution in [0.1, 0.15) is 0 Å². The Morgan fingerprint density at radius 2 is 1.54 bits per heavy atom. The molecule has 6 heteroatoms. The molecule has 0 radical (unpaired) electrons. The van der Waals surface area contributed by atoms with E-state index in [2.05, 4.69) is 5.32 Å². The molecular formula is C18H21NO5. The van der Waals surface area contributed by atoms with Crippen LogP contribution in [0.2, 0.25) is 0 Å². The van der Waals surface area contributed by atoms with Gasteiger partial charge in [-0.1, -0.05) is 12.1 Å². The molecule has 0 aromatic heterocycles. The van der Waals surface area contributed by atoms with Crippen LogP contribution in [0, 0.1) is 0 Å². The number of nitrogens with one attached hydrogen (secondary N) is 1. The molecule has 6 nitrogen and oxygen atoms in total. The van der Waals surface area contributed by atoms with E-state index in [1.54, 1.807) is 26.4 Å². The van der Waals surface area contributed by atoms with Crippen molar-refractivity contribution >= 4 is 5.91 Å². The standard InChI is InChI=1S/C18H21NO5/c1-21-14-7-9-15(10-8-14)23-12-11-19-18(20)13-24-17-6-4-3-5-16(17)22-2/h3-10H,11-13H2,1-2H3,(H,19,20). The zero-order valence-electron chi connectivity index (χ0n) is 13.8. The quantitative estimate of drug-likeness (QED) is 0.714. The van der Waals surface area contributed by atoms with Crippen LogP contribution in [0.4, 0.5) is 0 Å². The van der Waals surface area contributed by atoms with Crippen molar-refractivity contribution in [2.45, 2.75) is 0 Å². The first-order chi connectivity index (χ1) is 11.7. The minimum atomic E-state index is -0.223. The summed E-state index contributed by atoms with van der Waals surface area (Å²) < 4.78 is 21.2. The summed E-state index contributed by atoms with van der Waals surface area (Å²) in [6, 6.07) is 14.4. The number of methoxy groups -OCH3 is 2. The van der Waals surface area contributed by atoms with E-state index in [-0.39, 0.29) is 12.5 Å². The first kappa shape index (κ1) is 17.5. The third kappa shape index (κ3) is 5.39. The van der Waals surface area contributed by atoms with Gasteiger partial charge in [0, 0.05) is 0 Å². The maximum Gasteiger partial charge on any atom is 0.258 e. The molecule has 2 aromatic rings. The van der Waals surface area contributed by atoms with Crippen LogP contribution < -0.4 is 24.3 Å². The topological polar surface area (TPSA) is 66.0 Å². The number of ether oxygens (including phenoxy) is 4. The van der Waals surface area contributed by atoms with E-state index in [9.17, 15) is 4.79 Å². The van der Waals surface area contributed by atoms with Gasteiger partial charge in [0.15, 0.2) is 18.1 Å². The van der Waals surface area contributed by atoms with Crippen LogP contribution in [0.25, 0.3) is 0 Å². The van der Waals surface area contributed by atoms with Crippen LogP contribution in [0.5, 0.6) is 23.0 Å². The van der Waals surface area contributed by atoms with Crippen molar-refractivity contribution in [3.63, 3.8) is 0 Å². The van der Waals surface area contributed by atoms with E-state index in [0.29, 0.717) is 24.7 Å². The normalized spacial score (nSPS) is 9.92. The van der Waals surface area contributed by atoms with Crippen molar-refractivity contribution in [3.05, 3.63) is 48.5 Å². The summed E-state index contributed by atoms with van der Waals surface area (Å²) in [7, 11) is 3.16. The Morgan fingerprint density at radius 3 is 2.21 bits per heavy atom. The predicted octanol–water partition coefficient (Wildman–Crippen LogP) is 2.28. The maximum atomic E-state index is 11.8. The molecule has 0 saturated heterocycles. The average Bonchev–Trinajstić information content (AvgIpc) is 2.64. The van der Waals surface area contributed by atoms with Crippen LogP contribution in [0.3, 0.4) is 0 Å². The molecular weight excluding hydrogens is 310 g/mol. The Labute approximate surface area is 141 Å². The molecule has 0 fully saturated rings. The van der Waals surface area contributed by atoms with Gasteiger partial charge in [-0.25, -0.2) is 0 Å². The molecule has 0 heterocycles. The Balaban J connectivity index is 1.66. The van der Waals surface area contributed by atoms with Crippen molar-refractivity contribution < 1.29 is 23.7 Å². The van der Waals surface area contributed by atoms with E-state index < -0.39 is 0 Å². The summed E-state index contributed by atoms with van der Waals surface area (Å²) in [5.41, 5.74) is 0. The van der Waals surface area contributed by atoms with Crippen molar-refractivity contribution in [2.75, 3.05) is 34.0 Å². The molecule has 1 amide bonds. The molecule has 0 atom stereocenters. The van der Waals surface area contributed by atoms with Crippen molar-refractivity contribution in [1.82, 2.24) is 5.32 Å². The van der Waals surface area contributed by atoms with Crippen molar-refractivity contribution in [2.24, 2.45) is 0 Å². The maximum absolute atomic E-state index is 11.8. The zero-order valence-corrected chi connectivity index (χ0v) is 13.8. The molecule has 0 unspecified atom stereocenters. The highest BCUT2D eigenvalue weighted by Crippen LogP contribution is 2.25. The minimum Gasteiger partial charge on any atom is -0.497 e. The molecule has 24 heavy (non-hydrogen) atoms. The highest BCUT2D eigenvalue weighted by atomic mass is 16.5. The van der Waals surface area contributed by atoms with Crippen LogP contribution in [0.15, 0.2) is 48.5 Å². The molecule has 2 aromatic carbocycles. The van der Waals surface area contributed by atoms with Crippen LogP contribution in [-0.2, 0) is 4.79 Å². The van der Waals surface area contributed by atoms with Gasteiger partial charge in [-0.15, -0.1) is 0 Å². The number of hydrogen-bond acceptors (Lipinski definition) is 5. The van der Waals surface area contributed by atoms with Crippen LogP contribution in [-0.4, -0.2) is 39.9 Å². The molecule has 1 N–H and O–H groups in total. The van der Waals surface area contributed by atoms with Gasteiger partial charge < -0.3 is 24.3 Å². The summed E-state index contributed by atoms with van der Waals surface area (Å²) in [6.07, 6.45) is 0. The molecule has 0 aliphatic heterocycles. The fraction of sp³-hybridized carbons (Fsp3) is 0.278. The summed E-state index contributed by atoms with van der Waals surface area (Å²) >= 11 is 0. The van der Waals surface area contributed by atoms with Gasteiger partial charge in [-0.2, -0.15) is 0 Å².